The Morgan fingerprint density at radius 3 is 2.44 bits per heavy atom. The van der Waals surface area contributed by atoms with Gasteiger partial charge in [-0.2, -0.15) is 0 Å². The number of cyclic esters (lactones) is 1. The molecule has 1 fully saturated rings. The first kappa shape index (κ1) is 26.3. The summed E-state index contributed by atoms with van der Waals surface area (Å²) in [4.78, 5) is 36.4. The molecule has 1 aromatic carbocycles. The average Bonchev–Trinajstić information content (AvgIpc) is 3.12. The van der Waals surface area contributed by atoms with E-state index in [9.17, 15) is 24.6 Å². The first-order chi connectivity index (χ1) is 16.6. The zero-order chi connectivity index (χ0) is 26.8. The molecule has 0 aromatic heterocycles. The highest BCUT2D eigenvalue weighted by molar-refractivity contribution is 5.98. The quantitative estimate of drug-likeness (QED) is 0.559. The Morgan fingerprint density at radius 2 is 1.89 bits per heavy atom. The number of carboxylic acids is 1. The second kappa shape index (κ2) is 8.64. The van der Waals surface area contributed by atoms with Gasteiger partial charge in [-0.3, -0.25) is 9.59 Å². The highest BCUT2D eigenvalue weighted by atomic mass is 16.6. The van der Waals surface area contributed by atoms with Crippen molar-refractivity contribution in [3.05, 3.63) is 22.3 Å². The number of esters is 2. The Balaban J connectivity index is 1.93. The van der Waals surface area contributed by atoms with Gasteiger partial charge in [0.05, 0.1) is 12.7 Å². The number of carboxylic acid groups (broad SMARTS) is 1. The smallest absolute Gasteiger partial charge is 0.342 e. The first-order valence-corrected chi connectivity index (χ1v) is 12.3. The molecule has 9 nitrogen and oxygen atoms in total. The van der Waals surface area contributed by atoms with Gasteiger partial charge in [0, 0.05) is 42.7 Å². The van der Waals surface area contributed by atoms with E-state index in [2.05, 4.69) is 0 Å². The van der Waals surface area contributed by atoms with E-state index in [0.29, 0.717) is 29.9 Å². The number of benzene rings is 1. The van der Waals surface area contributed by atoms with Crippen LogP contribution in [0, 0.1) is 24.2 Å². The van der Waals surface area contributed by atoms with Crippen LogP contribution >= 0.6 is 0 Å². The van der Waals surface area contributed by atoms with Gasteiger partial charge in [-0.15, -0.1) is 0 Å². The normalized spacial score (nSPS) is 30.9. The van der Waals surface area contributed by atoms with Gasteiger partial charge in [0.25, 0.3) is 0 Å². The van der Waals surface area contributed by atoms with Gasteiger partial charge in [-0.1, -0.05) is 6.92 Å². The summed E-state index contributed by atoms with van der Waals surface area (Å²) < 4.78 is 23.6. The van der Waals surface area contributed by atoms with E-state index in [1.807, 2.05) is 20.8 Å². The lowest BCUT2D eigenvalue weighted by molar-refractivity contribution is -0.223. The van der Waals surface area contributed by atoms with Crippen LogP contribution in [-0.4, -0.2) is 52.5 Å². The average molecular weight is 505 g/mol. The van der Waals surface area contributed by atoms with E-state index in [0.717, 1.165) is 16.7 Å². The van der Waals surface area contributed by atoms with Crippen molar-refractivity contribution in [2.45, 2.75) is 91.1 Å². The molecule has 36 heavy (non-hydrogen) atoms. The fraction of sp³-hybridized carbons (Fsp3) is 0.667. The molecule has 2 N–H and O–H groups in total. The number of aliphatic hydroxyl groups is 1. The van der Waals surface area contributed by atoms with Gasteiger partial charge in [0.1, 0.15) is 35.4 Å². The van der Waals surface area contributed by atoms with Crippen LogP contribution in [0.1, 0.15) is 80.9 Å². The molecule has 1 aliphatic carbocycles. The summed E-state index contributed by atoms with van der Waals surface area (Å²) in [5, 5.41) is 20.9. The van der Waals surface area contributed by atoms with Crippen LogP contribution in [0.5, 0.6) is 11.5 Å². The van der Waals surface area contributed by atoms with Crippen molar-refractivity contribution in [1.29, 1.82) is 0 Å². The Labute approximate surface area is 211 Å². The molecular weight excluding hydrogens is 468 g/mol. The van der Waals surface area contributed by atoms with E-state index >= 15 is 0 Å². The van der Waals surface area contributed by atoms with E-state index in [4.69, 9.17) is 18.9 Å². The van der Waals surface area contributed by atoms with E-state index in [1.165, 1.54) is 14.0 Å². The maximum absolute atomic E-state index is 12.6. The molecule has 3 aliphatic rings. The largest absolute Gasteiger partial charge is 0.495 e. The molecule has 0 amide bonds. The fourth-order valence-corrected chi connectivity index (χ4v) is 7.39. The summed E-state index contributed by atoms with van der Waals surface area (Å²) in [7, 11) is 1.51. The number of aliphatic carboxylic acids is 1. The lowest BCUT2D eigenvalue weighted by atomic mass is 9.48. The molecule has 1 aromatic rings. The first-order valence-electron chi connectivity index (χ1n) is 12.3. The minimum atomic E-state index is -1.28. The third-order valence-corrected chi connectivity index (χ3v) is 8.55. The Kier molecular flexibility index (Phi) is 6.30. The summed E-state index contributed by atoms with van der Waals surface area (Å²) in [6, 6.07) is 0. The van der Waals surface area contributed by atoms with Crippen LogP contribution in [0.3, 0.4) is 0 Å². The van der Waals surface area contributed by atoms with Crippen LogP contribution in [0.15, 0.2) is 0 Å². The number of rotatable bonds is 6. The van der Waals surface area contributed by atoms with Gasteiger partial charge in [-0.05, 0) is 51.5 Å². The summed E-state index contributed by atoms with van der Waals surface area (Å²) >= 11 is 0. The number of hydrogen-bond donors (Lipinski definition) is 2. The van der Waals surface area contributed by atoms with Crippen molar-refractivity contribution in [2.75, 3.05) is 7.11 Å². The van der Waals surface area contributed by atoms with Crippen molar-refractivity contribution in [3.63, 3.8) is 0 Å². The summed E-state index contributed by atoms with van der Waals surface area (Å²) in [6.45, 7) is 10.6. The van der Waals surface area contributed by atoms with Gasteiger partial charge in [0.15, 0.2) is 0 Å². The monoisotopic (exact) mass is 504 g/mol. The number of fused-ring (bicyclic) bond motifs is 3. The number of carbonyl (C=O) groups is 3. The Hall–Kier alpha value is -2.81. The number of ether oxygens (including phenoxy) is 4. The maximum atomic E-state index is 12.6. The molecule has 0 radical (unpaired) electrons. The third-order valence-electron chi connectivity index (χ3n) is 8.55. The predicted octanol–water partition coefficient (Wildman–Crippen LogP) is 3.58. The molecule has 198 valence electrons. The summed E-state index contributed by atoms with van der Waals surface area (Å²) in [6.07, 6.45) is 0.184. The van der Waals surface area contributed by atoms with Crippen LogP contribution in [0.4, 0.5) is 0 Å². The molecule has 0 saturated heterocycles. The Bertz CT molecular complexity index is 1120. The molecule has 0 unspecified atom stereocenters. The van der Waals surface area contributed by atoms with Gasteiger partial charge < -0.3 is 29.2 Å². The number of carbonyl (C=O) groups excluding carboxylic acids is 2. The highest BCUT2D eigenvalue weighted by Gasteiger charge is 2.64. The summed E-state index contributed by atoms with van der Waals surface area (Å²) in [5.74, 6) is -1.67. The van der Waals surface area contributed by atoms with Crippen molar-refractivity contribution < 1.29 is 43.5 Å². The highest BCUT2D eigenvalue weighted by Crippen LogP contribution is 2.62. The number of methoxy groups -OCH3 is 1. The molecule has 2 heterocycles. The molecule has 0 bridgehead atoms. The van der Waals surface area contributed by atoms with E-state index in [1.54, 1.807) is 13.8 Å². The van der Waals surface area contributed by atoms with E-state index < -0.39 is 46.5 Å². The zero-order valence-electron chi connectivity index (χ0n) is 22.0. The molecule has 9 heteroatoms. The number of hydrogen-bond acceptors (Lipinski definition) is 8. The zero-order valence-corrected chi connectivity index (χ0v) is 22.0. The molecule has 2 aliphatic heterocycles. The standard InChI is InChI=1S/C27H36O9/c1-13-16-12-34-24(31)20(16)22(33-7)15-10-18-26(5,9-8-19(29)30)23(25(3,4)32)17(35-14(2)28)11-27(18,6)36-21(13)15/h17-18,23,32H,8-12H2,1-7H3,(H,29,30)/t17-,18-,23+,26-,27-/m0/s1. The van der Waals surface area contributed by atoms with Gasteiger partial charge >= 0.3 is 17.9 Å². The van der Waals surface area contributed by atoms with Crippen molar-refractivity contribution in [2.24, 2.45) is 17.3 Å². The van der Waals surface area contributed by atoms with E-state index in [-0.39, 0.29) is 25.4 Å². The third kappa shape index (κ3) is 4.01. The van der Waals surface area contributed by atoms with Crippen LogP contribution < -0.4 is 9.47 Å². The predicted molar refractivity (Wildman–Crippen MR) is 128 cm³/mol. The minimum Gasteiger partial charge on any atom is -0.495 e. The topological polar surface area (TPSA) is 129 Å². The Morgan fingerprint density at radius 1 is 1.22 bits per heavy atom. The van der Waals surface area contributed by atoms with Crippen molar-refractivity contribution >= 4 is 17.9 Å². The van der Waals surface area contributed by atoms with Gasteiger partial charge in [0.2, 0.25) is 0 Å². The van der Waals surface area contributed by atoms with Crippen LogP contribution in [-0.2, 0) is 32.1 Å². The molecule has 0 spiro atoms. The summed E-state index contributed by atoms with van der Waals surface area (Å²) in [5.41, 5.74) is -0.259. The molecule has 4 rings (SSSR count). The lowest BCUT2D eigenvalue weighted by Crippen LogP contribution is -2.66. The fourth-order valence-electron chi connectivity index (χ4n) is 7.39. The van der Waals surface area contributed by atoms with Crippen molar-refractivity contribution in [3.8, 4) is 11.5 Å². The van der Waals surface area contributed by atoms with Gasteiger partial charge in [-0.25, -0.2) is 4.79 Å². The van der Waals surface area contributed by atoms with Crippen LogP contribution in [0.2, 0.25) is 0 Å². The molecule has 5 atom stereocenters. The minimum absolute atomic E-state index is 0.123. The SMILES string of the molecule is COc1c2c(c(C)c3c1C(=O)OC3)O[C@@]1(C)C[C@H](OC(C)=O)[C@H](C(C)(C)O)[C@@](C)(CCC(=O)O)[C@@H]1C2. The maximum Gasteiger partial charge on any atom is 0.342 e. The molecule has 1 saturated carbocycles. The second-order valence-electron chi connectivity index (χ2n) is 11.4. The second-order valence-corrected chi connectivity index (χ2v) is 11.4. The lowest BCUT2D eigenvalue weighted by Gasteiger charge is -2.62. The van der Waals surface area contributed by atoms with Crippen LogP contribution in [0.25, 0.3) is 0 Å². The van der Waals surface area contributed by atoms with Crippen molar-refractivity contribution in [1.82, 2.24) is 0 Å². The molecular formula is C27H36O9.